The Morgan fingerprint density at radius 1 is 1.40 bits per heavy atom. The van der Waals surface area contributed by atoms with E-state index in [1.807, 2.05) is 36.5 Å². The van der Waals surface area contributed by atoms with Gasteiger partial charge in [-0.1, -0.05) is 18.2 Å². The molecule has 1 atom stereocenters. The normalized spacial score (nSPS) is 17.1. The van der Waals surface area contributed by atoms with Gasteiger partial charge in [0.2, 0.25) is 5.91 Å². The van der Waals surface area contributed by atoms with E-state index in [2.05, 4.69) is 10.4 Å². The van der Waals surface area contributed by atoms with E-state index >= 15 is 0 Å². The van der Waals surface area contributed by atoms with Crippen LogP contribution in [0.3, 0.4) is 0 Å². The van der Waals surface area contributed by atoms with Crippen molar-refractivity contribution in [2.24, 2.45) is 5.92 Å². The average Bonchev–Trinajstić information content (AvgIpc) is 3.00. The van der Waals surface area contributed by atoms with Crippen LogP contribution >= 0.6 is 0 Å². The molecule has 1 aliphatic rings. The Kier molecular flexibility index (Phi) is 3.67. The fourth-order valence-corrected chi connectivity index (χ4v) is 2.37. The number of hydrogen-bond acceptors (Lipinski definition) is 3. The monoisotopic (exact) mass is 271 g/mol. The van der Waals surface area contributed by atoms with Crippen LogP contribution in [0.2, 0.25) is 0 Å². The highest BCUT2D eigenvalue weighted by molar-refractivity contribution is 5.79. The zero-order valence-corrected chi connectivity index (χ0v) is 11.2. The molecule has 1 aromatic heterocycles. The number of rotatable bonds is 4. The van der Waals surface area contributed by atoms with Crippen molar-refractivity contribution in [2.45, 2.75) is 13.0 Å². The van der Waals surface area contributed by atoms with Gasteiger partial charge in [0.25, 0.3) is 0 Å². The van der Waals surface area contributed by atoms with E-state index in [-0.39, 0.29) is 11.8 Å². The summed E-state index contributed by atoms with van der Waals surface area (Å²) < 4.78 is 7.43. The van der Waals surface area contributed by atoms with Crippen LogP contribution in [0, 0.1) is 5.92 Å². The molecule has 1 N–H and O–H groups in total. The minimum atomic E-state index is -0.109. The van der Waals surface area contributed by atoms with E-state index in [9.17, 15) is 4.79 Å². The Morgan fingerprint density at radius 2 is 2.30 bits per heavy atom. The van der Waals surface area contributed by atoms with Crippen LogP contribution in [0.25, 0.3) is 0 Å². The van der Waals surface area contributed by atoms with Gasteiger partial charge in [-0.3, -0.25) is 9.48 Å². The summed E-state index contributed by atoms with van der Waals surface area (Å²) in [7, 11) is 0. The molecule has 1 aliphatic heterocycles. The third kappa shape index (κ3) is 2.82. The standard InChI is InChI=1S/C15H17N3O2/c19-15(16-7-9-18-8-3-6-17-18)13-10-12-4-1-2-5-14(12)20-11-13/h1-6,8,13H,7,9-11H2,(H,16,19)/t13-/m1/s1. The third-order valence-electron chi connectivity index (χ3n) is 3.45. The van der Waals surface area contributed by atoms with Crippen LogP contribution in [-0.4, -0.2) is 28.8 Å². The van der Waals surface area contributed by atoms with Crippen molar-refractivity contribution in [3.8, 4) is 5.75 Å². The zero-order valence-electron chi connectivity index (χ0n) is 11.2. The first-order chi connectivity index (χ1) is 9.83. The molecule has 0 unspecified atom stereocenters. The number of hydrogen-bond donors (Lipinski definition) is 1. The largest absolute Gasteiger partial charge is 0.492 e. The maximum absolute atomic E-state index is 12.1. The second kappa shape index (κ2) is 5.77. The fourth-order valence-electron chi connectivity index (χ4n) is 2.37. The second-order valence-corrected chi connectivity index (χ2v) is 4.88. The highest BCUT2D eigenvalue weighted by atomic mass is 16.5. The molecule has 1 aromatic carbocycles. The van der Waals surface area contributed by atoms with Gasteiger partial charge in [0.1, 0.15) is 12.4 Å². The highest BCUT2D eigenvalue weighted by Crippen LogP contribution is 2.26. The molecular formula is C15H17N3O2. The predicted octanol–water partition coefficient (Wildman–Crippen LogP) is 1.25. The number of amides is 1. The van der Waals surface area contributed by atoms with Gasteiger partial charge >= 0.3 is 0 Å². The maximum Gasteiger partial charge on any atom is 0.226 e. The van der Waals surface area contributed by atoms with Gasteiger partial charge in [0.15, 0.2) is 0 Å². The lowest BCUT2D eigenvalue weighted by Crippen LogP contribution is -2.38. The first-order valence-electron chi connectivity index (χ1n) is 6.79. The number of ether oxygens (including phenoxy) is 1. The van der Waals surface area contributed by atoms with Crippen molar-refractivity contribution in [2.75, 3.05) is 13.2 Å². The van der Waals surface area contributed by atoms with Crippen molar-refractivity contribution in [3.05, 3.63) is 48.3 Å². The molecule has 0 saturated heterocycles. The van der Waals surface area contributed by atoms with Gasteiger partial charge in [0, 0.05) is 18.9 Å². The van der Waals surface area contributed by atoms with Gasteiger partial charge in [-0.2, -0.15) is 5.10 Å². The first kappa shape index (κ1) is 12.7. The van der Waals surface area contributed by atoms with E-state index in [0.717, 1.165) is 17.7 Å². The molecule has 5 nitrogen and oxygen atoms in total. The molecule has 2 aromatic rings. The first-order valence-corrected chi connectivity index (χ1v) is 6.79. The Bertz CT molecular complexity index is 581. The summed E-state index contributed by atoms with van der Waals surface area (Å²) in [5, 5.41) is 7.04. The molecule has 5 heteroatoms. The number of carbonyl (C=O) groups excluding carboxylic acids is 1. The van der Waals surface area contributed by atoms with Crippen molar-refractivity contribution in [1.29, 1.82) is 0 Å². The number of aromatic nitrogens is 2. The number of para-hydroxylation sites is 1. The number of nitrogens with zero attached hydrogens (tertiary/aromatic N) is 2. The molecule has 0 aliphatic carbocycles. The Balaban J connectivity index is 1.51. The summed E-state index contributed by atoms with van der Waals surface area (Å²) in [4.78, 5) is 12.1. The molecule has 104 valence electrons. The number of benzene rings is 1. The Labute approximate surface area is 117 Å². The maximum atomic E-state index is 12.1. The summed E-state index contributed by atoms with van der Waals surface area (Å²) in [5.41, 5.74) is 1.10. The molecular weight excluding hydrogens is 254 g/mol. The highest BCUT2D eigenvalue weighted by Gasteiger charge is 2.25. The van der Waals surface area contributed by atoms with Crippen LogP contribution in [0.1, 0.15) is 5.56 Å². The van der Waals surface area contributed by atoms with E-state index in [0.29, 0.717) is 19.7 Å². The number of nitrogens with one attached hydrogen (secondary N) is 1. The van der Waals surface area contributed by atoms with Gasteiger partial charge in [-0.15, -0.1) is 0 Å². The fraction of sp³-hybridized carbons (Fsp3) is 0.333. The molecule has 0 spiro atoms. The van der Waals surface area contributed by atoms with Crippen molar-refractivity contribution < 1.29 is 9.53 Å². The molecule has 0 fully saturated rings. The summed E-state index contributed by atoms with van der Waals surface area (Å²) in [5.74, 6) is 0.835. The van der Waals surface area contributed by atoms with Crippen LogP contribution in [0.4, 0.5) is 0 Å². The Morgan fingerprint density at radius 3 is 3.15 bits per heavy atom. The van der Waals surface area contributed by atoms with Crippen LogP contribution in [0.15, 0.2) is 42.7 Å². The molecule has 0 radical (unpaired) electrons. The van der Waals surface area contributed by atoms with Crippen LogP contribution < -0.4 is 10.1 Å². The summed E-state index contributed by atoms with van der Waals surface area (Å²) in [6.07, 6.45) is 4.35. The average molecular weight is 271 g/mol. The van der Waals surface area contributed by atoms with E-state index < -0.39 is 0 Å². The van der Waals surface area contributed by atoms with E-state index in [4.69, 9.17) is 4.74 Å². The molecule has 1 amide bonds. The SMILES string of the molecule is O=C(NCCn1cccn1)[C@H]1COc2ccccc2C1. The lowest BCUT2D eigenvalue weighted by molar-refractivity contribution is -0.126. The number of carbonyl (C=O) groups is 1. The van der Waals surface area contributed by atoms with Gasteiger partial charge in [0.05, 0.1) is 12.5 Å². The van der Waals surface area contributed by atoms with Crippen molar-refractivity contribution in [1.82, 2.24) is 15.1 Å². The molecule has 20 heavy (non-hydrogen) atoms. The Hall–Kier alpha value is -2.30. The van der Waals surface area contributed by atoms with Crippen molar-refractivity contribution >= 4 is 5.91 Å². The predicted molar refractivity (Wildman–Crippen MR) is 74.4 cm³/mol. The smallest absolute Gasteiger partial charge is 0.226 e. The minimum Gasteiger partial charge on any atom is -0.492 e. The molecule has 0 saturated carbocycles. The van der Waals surface area contributed by atoms with Gasteiger partial charge in [-0.05, 0) is 24.1 Å². The van der Waals surface area contributed by atoms with Crippen LogP contribution in [-0.2, 0) is 17.8 Å². The topological polar surface area (TPSA) is 56.2 Å². The lowest BCUT2D eigenvalue weighted by atomic mass is 9.96. The van der Waals surface area contributed by atoms with Crippen molar-refractivity contribution in [3.63, 3.8) is 0 Å². The van der Waals surface area contributed by atoms with Gasteiger partial charge in [-0.25, -0.2) is 0 Å². The quantitative estimate of drug-likeness (QED) is 0.910. The second-order valence-electron chi connectivity index (χ2n) is 4.88. The number of fused-ring (bicyclic) bond motifs is 1. The van der Waals surface area contributed by atoms with E-state index in [1.165, 1.54) is 0 Å². The minimum absolute atomic E-state index is 0.0478. The molecule has 2 heterocycles. The summed E-state index contributed by atoms with van der Waals surface area (Å²) >= 11 is 0. The summed E-state index contributed by atoms with van der Waals surface area (Å²) in [6.45, 7) is 1.71. The van der Waals surface area contributed by atoms with E-state index in [1.54, 1.807) is 10.9 Å². The molecule has 3 rings (SSSR count). The lowest BCUT2D eigenvalue weighted by Gasteiger charge is -2.24. The molecule has 0 bridgehead atoms. The van der Waals surface area contributed by atoms with Crippen LogP contribution in [0.5, 0.6) is 5.75 Å². The summed E-state index contributed by atoms with van der Waals surface area (Å²) in [6, 6.07) is 9.75. The van der Waals surface area contributed by atoms with Gasteiger partial charge < -0.3 is 10.1 Å². The zero-order chi connectivity index (χ0) is 13.8. The third-order valence-corrected chi connectivity index (χ3v) is 3.45.